The zero-order chi connectivity index (χ0) is 19.8. The number of halogens is 1. The Hall–Kier alpha value is -2.68. The minimum Gasteiger partial charge on any atom is -0.302 e. The summed E-state index contributed by atoms with van der Waals surface area (Å²) in [5.41, 5.74) is 3.89. The van der Waals surface area contributed by atoms with Crippen LogP contribution in [-0.2, 0) is 11.3 Å². The minimum absolute atomic E-state index is 0.140. The molecule has 3 aromatic rings. The molecule has 0 N–H and O–H groups in total. The van der Waals surface area contributed by atoms with Crippen LogP contribution in [0.1, 0.15) is 23.1 Å². The van der Waals surface area contributed by atoms with E-state index in [9.17, 15) is 4.79 Å². The first-order valence-corrected chi connectivity index (χ1v) is 9.78. The lowest BCUT2D eigenvalue weighted by molar-refractivity contribution is -0.114. The molecule has 0 atom stereocenters. The summed E-state index contributed by atoms with van der Waals surface area (Å²) in [5, 5.41) is 0.687. The maximum Gasteiger partial charge on any atom is 0.164 e. The van der Waals surface area contributed by atoms with Crippen LogP contribution in [0.2, 0.25) is 5.02 Å². The lowest BCUT2D eigenvalue weighted by Gasteiger charge is -2.17. The number of carbonyl (C=O) groups is 1. The molecule has 0 aromatic heterocycles. The fraction of sp³-hybridized carbons (Fsp3) is 0.160. The van der Waals surface area contributed by atoms with Crippen LogP contribution >= 0.6 is 11.6 Å². The predicted molar refractivity (Wildman–Crippen MR) is 118 cm³/mol. The number of benzene rings is 3. The van der Waals surface area contributed by atoms with Crippen molar-refractivity contribution in [1.29, 1.82) is 0 Å². The van der Waals surface area contributed by atoms with Crippen LogP contribution in [0.3, 0.4) is 0 Å². The number of rotatable bonds is 8. The molecule has 142 valence electrons. The molecule has 0 unspecified atom stereocenters. The summed E-state index contributed by atoms with van der Waals surface area (Å²) < 4.78 is 0. The number of carbonyl (C=O) groups excluding carboxylic acids is 1. The molecule has 3 heteroatoms. The summed E-state index contributed by atoms with van der Waals surface area (Å²) in [4.78, 5) is 15.2. The first kappa shape index (κ1) is 20.1. The fourth-order valence-corrected chi connectivity index (χ4v) is 3.20. The molecule has 0 aliphatic rings. The maximum atomic E-state index is 13.1. The quantitative estimate of drug-likeness (QED) is 0.349. The van der Waals surface area contributed by atoms with Gasteiger partial charge in [0.15, 0.2) is 5.78 Å². The molecule has 0 aliphatic heterocycles. The average molecular weight is 390 g/mol. The highest BCUT2D eigenvalue weighted by molar-refractivity contribution is 6.30. The Labute approximate surface area is 172 Å². The van der Waals surface area contributed by atoms with Gasteiger partial charge in [-0.1, -0.05) is 84.4 Å². The van der Waals surface area contributed by atoms with Crippen molar-refractivity contribution >= 4 is 29.0 Å². The van der Waals surface area contributed by atoms with Crippen molar-refractivity contribution in [1.82, 2.24) is 4.90 Å². The Morgan fingerprint density at radius 1 is 0.893 bits per heavy atom. The monoisotopic (exact) mass is 389 g/mol. The predicted octanol–water partition coefficient (Wildman–Crippen LogP) is 5.97. The van der Waals surface area contributed by atoms with Crippen LogP contribution < -0.4 is 0 Å². The topological polar surface area (TPSA) is 20.3 Å². The van der Waals surface area contributed by atoms with Gasteiger partial charge in [0.25, 0.3) is 0 Å². The molecular weight excluding hydrogens is 366 g/mol. The highest BCUT2D eigenvalue weighted by Gasteiger charge is 2.13. The third-order valence-corrected chi connectivity index (χ3v) is 4.83. The van der Waals surface area contributed by atoms with Gasteiger partial charge >= 0.3 is 0 Å². The van der Waals surface area contributed by atoms with E-state index in [1.54, 1.807) is 0 Å². The van der Waals surface area contributed by atoms with Gasteiger partial charge in [-0.2, -0.15) is 0 Å². The van der Waals surface area contributed by atoms with Crippen molar-refractivity contribution in [3.63, 3.8) is 0 Å². The van der Waals surface area contributed by atoms with E-state index in [4.69, 9.17) is 11.6 Å². The zero-order valence-corrected chi connectivity index (χ0v) is 16.8. The number of ketones is 1. The van der Waals surface area contributed by atoms with E-state index in [0.717, 1.165) is 23.2 Å². The van der Waals surface area contributed by atoms with E-state index in [-0.39, 0.29) is 5.78 Å². The van der Waals surface area contributed by atoms with E-state index in [1.165, 1.54) is 5.56 Å². The molecule has 28 heavy (non-hydrogen) atoms. The third-order valence-electron chi connectivity index (χ3n) is 4.58. The average Bonchev–Trinajstić information content (AvgIpc) is 2.73. The molecular formula is C25H24ClNO. The first-order chi connectivity index (χ1) is 13.6. The summed E-state index contributed by atoms with van der Waals surface area (Å²) in [6.07, 6.45) is 2.42. The smallest absolute Gasteiger partial charge is 0.164 e. The Bertz CT molecular complexity index is 918. The van der Waals surface area contributed by atoms with Gasteiger partial charge in [-0.15, -0.1) is 0 Å². The van der Waals surface area contributed by atoms with Crippen LogP contribution in [0.15, 0.2) is 84.9 Å². The zero-order valence-electron chi connectivity index (χ0n) is 16.0. The summed E-state index contributed by atoms with van der Waals surface area (Å²) in [7, 11) is 2.05. The van der Waals surface area contributed by atoms with Gasteiger partial charge in [0.1, 0.15) is 0 Å². The van der Waals surface area contributed by atoms with Crippen LogP contribution in [0.25, 0.3) is 11.6 Å². The van der Waals surface area contributed by atoms with Gasteiger partial charge in [-0.25, -0.2) is 0 Å². The Morgan fingerprint density at radius 3 is 2.14 bits per heavy atom. The molecule has 0 bridgehead atoms. The Morgan fingerprint density at radius 2 is 1.50 bits per heavy atom. The largest absolute Gasteiger partial charge is 0.302 e. The van der Waals surface area contributed by atoms with E-state index in [2.05, 4.69) is 17.0 Å². The highest BCUT2D eigenvalue weighted by atomic mass is 35.5. The van der Waals surface area contributed by atoms with Crippen molar-refractivity contribution in [3.05, 3.63) is 107 Å². The first-order valence-electron chi connectivity index (χ1n) is 9.40. The molecule has 0 aliphatic carbocycles. The van der Waals surface area contributed by atoms with Crippen molar-refractivity contribution in [2.24, 2.45) is 0 Å². The highest BCUT2D eigenvalue weighted by Crippen LogP contribution is 2.22. The van der Waals surface area contributed by atoms with E-state index in [1.807, 2.05) is 85.9 Å². The molecule has 3 aromatic carbocycles. The SMILES string of the molecule is CN(CCC(=O)/C(=C\c1ccc(Cl)cc1)c1ccccc1)Cc1ccccc1. The standard InChI is InChI=1S/C25H24ClNO/c1-27(19-21-8-4-2-5-9-21)17-16-25(28)24(22-10-6-3-7-11-22)18-20-12-14-23(26)15-13-20/h2-15,18H,16-17,19H2,1H3/b24-18-. The molecule has 0 saturated heterocycles. The molecule has 3 rings (SSSR count). The van der Waals surface area contributed by atoms with Crippen LogP contribution in [0, 0.1) is 0 Å². The number of Topliss-reactive ketones (excluding diaryl/α,β-unsaturated/α-hetero) is 1. The number of hydrogen-bond acceptors (Lipinski definition) is 2. The van der Waals surface area contributed by atoms with Crippen molar-refractivity contribution in [3.8, 4) is 0 Å². The number of nitrogens with zero attached hydrogens (tertiary/aromatic N) is 1. The summed E-state index contributed by atoms with van der Waals surface area (Å²) in [6.45, 7) is 1.54. The number of allylic oxidation sites excluding steroid dienone is 1. The maximum absolute atomic E-state index is 13.1. The van der Waals surface area contributed by atoms with E-state index < -0.39 is 0 Å². The van der Waals surface area contributed by atoms with Gasteiger partial charge < -0.3 is 4.90 Å². The second-order valence-electron chi connectivity index (χ2n) is 6.87. The fourth-order valence-electron chi connectivity index (χ4n) is 3.07. The molecule has 0 radical (unpaired) electrons. The molecule has 2 nitrogen and oxygen atoms in total. The Kier molecular flexibility index (Phi) is 7.18. The molecule has 0 saturated carbocycles. The lowest BCUT2D eigenvalue weighted by Crippen LogP contribution is -2.21. The second kappa shape index (κ2) is 10.0. The van der Waals surface area contributed by atoms with Gasteiger partial charge in [-0.3, -0.25) is 4.79 Å². The van der Waals surface area contributed by atoms with Crippen molar-refractivity contribution in [2.45, 2.75) is 13.0 Å². The normalized spacial score (nSPS) is 11.6. The summed E-state index contributed by atoms with van der Waals surface area (Å²) in [5.74, 6) is 0.140. The van der Waals surface area contributed by atoms with Gasteiger partial charge in [0.2, 0.25) is 0 Å². The van der Waals surface area contributed by atoms with E-state index >= 15 is 0 Å². The third kappa shape index (κ3) is 5.91. The lowest BCUT2D eigenvalue weighted by atomic mass is 9.97. The van der Waals surface area contributed by atoms with Crippen molar-refractivity contribution in [2.75, 3.05) is 13.6 Å². The van der Waals surface area contributed by atoms with Crippen molar-refractivity contribution < 1.29 is 4.79 Å². The Balaban J connectivity index is 1.72. The van der Waals surface area contributed by atoms with Crippen LogP contribution in [0.4, 0.5) is 0 Å². The van der Waals surface area contributed by atoms with Gasteiger partial charge in [-0.05, 0) is 41.9 Å². The van der Waals surface area contributed by atoms with E-state index in [0.29, 0.717) is 18.0 Å². The summed E-state index contributed by atoms with van der Waals surface area (Å²) >= 11 is 5.99. The van der Waals surface area contributed by atoms with Crippen LogP contribution in [0.5, 0.6) is 0 Å². The van der Waals surface area contributed by atoms with Crippen LogP contribution in [-0.4, -0.2) is 24.3 Å². The minimum atomic E-state index is 0.140. The molecule has 0 spiro atoms. The van der Waals surface area contributed by atoms with Gasteiger partial charge in [0, 0.05) is 30.1 Å². The molecule has 0 amide bonds. The second-order valence-corrected chi connectivity index (χ2v) is 7.31. The molecule has 0 fully saturated rings. The number of hydrogen-bond donors (Lipinski definition) is 0. The molecule has 0 heterocycles. The van der Waals surface area contributed by atoms with Gasteiger partial charge in [0.05, 0.1) is 0 Å². The summed E-state index contributed by atoms with van der Waals surface area (Å²) in [6, 6.07) is 27.7.